The molecule has 1 atom stereocenters. The van der Waals surface area contributed by atoms with Crippen molar-refractivity contribution in [2.45, 2.75) is 31.3 Å². The molecule has 158 valence electrons. The highest BCUT2D eigenvalue weighted by Gasteiger charge is 2.31. The minimum atomic E-state index is -3.78. The third kappa shape index (κ3) is 4.37. The van der Waals surface area contributed by atoms with E-state index in [9.17, 15) is 13.2 Å². The van der Waals surface area contributed by atoms with Crippen LogP contribution in [0, 0.1) is 5.92 Å². The summed E-state index contributed by atoms with van der Waals surface area (Å²) >= 11 is 7.64. The summed E-state index contributed by atoms with van der Waals surface area (Å²) in [6.45, 7) is 2.95. The van der Waals surface area contributed by atoms with E-state index in [2.05, 4.69) is 4.98 Å². The zero-order chi connectivity index (χ0) is 21.3. The summed E-state index contributed by atoms with van der Waals surface area (Å²) in [4.78, 5) is 16.9. The van der Waals surface area contributed by atoms with E-state index in [0.717, 1.165) is 23.1 Å². The van der Waals surface area contributed by atoms with Gasteiger partial charge in [0.05, 0.1) is 20.8 Å². The number of piperidine rings is 1. The Morgan fingerprint density at radius 3 is 2.87 bits per heavy atom. The first kappa shape index (κ1) is 21.2. The largest absolute Gasteiger partial charge is 0.455 e. The van der Waals surface area contributed by atoms with Crippen LogP contribution in [0.15, 0.2) is 47.4 Å². The molecule has 3 aromatic rings. The number of benzene rings is 2. The van der Waals surface area contributed by atoms with Crippen molar-refractivity contribution < 1.29 is 17.9 Å². The van der Waals surface area contributed by atoms with Crippen LogP contribution in [0.25, 0.3) is 10.2 Å². The van der Waals surface area contributed by atoms with Crippen LogP contribution in [0.4, 0.5) is 0 Å². The second-order valence-corrected chi connectivity index (χ2v) is 10.8. The lowest BCUT2D eigenvalue weighted by Gasteiger charge is -2.30. The Morgan fingerprint density at radius 1 is 1.30 bits per heavy atom. The van der Waals surface area contributed by atoms with Gasteiger partial charge in [-0.3, -0.25) is 0 Å². The predicted octanol–water partition coefficient (Wildman–Crippen LogP) is 4.73. The number of halogens is 1. The average Bonchev–Trinajstić information content (AvgIpc) is 3.15. The van der Waals surface area contributed by atoms with Gasteiger partial charge in [0, 0.05) is 13.1 Å². The van der Waals surface area contributed by atoms with Gasteiger partial charge in [0.1, 0.15) is 16.5 Å². The molecule has 1 fully saturated rings. The molecule has 30 heavy (non-hydrogen) atoms. The van der Waals surface area contributed by atoms with Gasteiger partial charge in [0.25, 0.3) is 0 Å². The minimum absolute atomic E-state index is 0.0204. The van der Waals surface area contributed by atoms with Crippen molar-refractivity contribution in [2.75, 3.05) is 13.1 Å². The van der Waals surface area contributed by atoms with Crippen LogP contribution in [0.3, 0.4) is 0 Å². The Kier molecular flexibility index (Phi) is 6.11. The minimum Gasteiger partial charge on any atom is -0.455 e. The zero-order valence-electron chi connectivity index (χ0n) is 16.4. The number of thiazole rings is 1. The monoisotopic (exact) mass is 464 g/mol. The Morgan fingerprint density at radius 2 is 2.10 bits per heavy atom. The first-order chi connectivity index (χ1) is 14.3. The second-order valence-electron chi connectivity index (χ2n) is 7.41. The normalized spacial score (nSPS) is 17.9. The van der Waals surface area contributed by atoms with E-state index in [0.29, 0.717) is 18.1 Å². The number of para-hydroxylation sites is 1. The molecule has 0 N–H and O–H groups in total. The van der Waals surface area contributed by atoms with Crippen LogP contribution in [0.1, 0.15) is 35.1 Å². The lowest BCUT2D eigenvalue weighted by molar-refractivity contribution is 0.0472. The SMILES string of the molecule is C[C@@H]1CCCN(S(=O)(=O)c2cc(C(=O)OCc3nc4ccccc4s3)ccc2Cl)C1. The summed E-state index contributed by atoms with van der Waals surface area (Å²) < 4.78 is 34.0. The first-order valence-electron chi connectivity index (χ1n) is 9.66. The van der Waals surface area contributed by atoms with Gasteiger partial charge in [-0.15, -0.1) is 11.3 Å². The highest BCUT2D eigenvalue weighted by molar-refractivity contribution is 7.89. The fourth-order valence-electron chi connectivity index (χ4n) is 3.52. The number of nitrogens with zero attached hydrogens (tertiary/aromatic N) is 2. The standard InChI is InChI=1S/C21H21ClN2O4S2/c1-14-5-4-10-24(12-14)30(26,27)19-11-15(8-9-16(19)22)21(25)28-13-20-23-17-6-2-3-7-18(17)29-20/h2-3,6-9,11,14H,4-5,10,12-13H2,1H3/t14-/m1/s1. The predicted molar refractivity (Wildman–Crippen MR) is 117 cm³/mol. The van der Waals surface area contributed by atoms with Crippen LogP contribution >= 0.6 is 22.9 Å². The molecule has 4 rings (SSSR count). The number of carbonyl (C=O) groups is 1. The number of aromatic nitrogens is 1. The number of ether oxygens (including phenoxy) is 1. The molecule has 0 amide bonds. The van der Waals surface area contributed by atoms with Gasteiger partial charge < -0.3 is 4.74 Å². The van der Waals surface area contributed by atoms with Crippen LogP contribution in [0.2, 0.25) is 5.02 Å². The highest BCUT2D eigenvalue weighted by atomic mass is 35.5. The van der Waals surface area contributed by atoms with Gasteiger partial charge in [-0.25, -0.2) is 18.2 Å². The number of carbonyl (C=O) groups excluding carboxylic acids is 1. The van der Waals surface area contributed by atoms with E-state index in [4.69, 9.17) is 16.3 Å². The van der Waals surface area contributed by atoms with Gasteiger partial charge in [-0.2, -0.15) is 4.31 Å². The number of rotatable bonds is 5. The summed E-state index contributed by atoms with van der Waals surface area (Å²) in [5.41, 5.74) is 0.994. The molecule has 0 aliphatic carbocycles. The quantitative estimate of drug-likeness (QED) is 0.510. The average molecular weight is 465 g/mol. The summed E-state index contributed by atoms with van der Waals surface area (Å²) in [6.07, 6.45) is 1.81. The molecule has 6 nitrogen and oxygen atoms in total. The van der Waals surface area contributed by atoms with E-state index in [1.807, 2.05) is 31.2 Å². The van der Waals surface area contributed by atoms with Gasteiger partial charge in [0.2, 0.25) is 10.0 Å². The van der Waals surface area contributed by atoms with Crippen molar-refractivity contribution in [3.8, 4) is 0 Å². The lowest BCUT2D eigenvalue weighted by atomic mass is 10.0. The number of hydrogen-bond donors (Lipinski definition) is 0. The second kappa shape index (κ2) is 8.63. The van der Waals surface area contributed by atoms with Gasteiger partial charge in [-0.05, 0) is 49.1 Å². The van der Waals surface area contributed by atoms with Crippen molar-refractivity contribution in [2.24, 2.45) is 5.92 Å². The summed E-state index contributed by atoms with van der Waals surface area (Å²) in [5, 5.41) is 0.768. The molecular weight excluding hydrogens is 444 g/mol. The van der Waals surface area contributed by atoms with Gasteiger partial charge >= 0.3 is 5.97 Å². The number of esters is 1. The lowest BCUT2D eigenvalue weighted by Crippen LogP contribution is -2.39. The molecule has 1 aromatic heterocycles. The topological polar surface area (TPSA) is 76.6 Å². The molecule has 0 bridgehead atoms. The van der Waals surface area contributed by atoms with Crippen LogP contribution in [-0.2, 0) is 21.4 Å². The van der Waals surface area contributed by atoms with Crippen molar-refractivity contribution in [1.82, 2.24) is 9.29 Å². The maximum absolute atomic E-state index is 13.1. The van der Waals surface area contributed by atoms with Crippen molar-refractivity contribution in [1.29, 1.82) is 0 Å². The van der Waals surface area contributed by atoms with Crippen molar-refractivity contribution >= 4 is 49.1 Å². The first-order valence-corrected chi connectivity index (χ1v) is 12.3. The molecule has 1 saturated heterocycles. The van der Waals surface area contributed by atoms with E-state index in [1.165, 1.54) is 33.8 Å². The number of hydrogen-bond acceptors (Lipinski definition) is 6. The van der Waals surface area contributed by atoms with Gasteiger partial charge in [-0.1, -0.05) is 30.7 Å². The Hall–Kier alpha value is -2.00. The molecular formula is C21H21ClN2O4S2. The summed E-state index contributed by atoms with van der Waals surface area (Å²) in [5.74, 6) is -0.330. The third-order valence-electron chi connectivity index (χ3n) is 5.07. The fraction of sp³-hybridized carbons (Fsp3) is 0.333. The molecule has 0 radical (unpaired) electrons. The number of sulfonamides is 1. The molecule has 2 aromatic carbocycles. The Bertz CT molecular complexity index is 1160. The van der Waals surface area contributed by atoms with Crippen molar-refractivity contribution in [3.05, 3.63) is 58.1 Å². The van der Waals surface area contributed by atoms with Crippen molar-refractivity contribution in [3.63, 3.8) is 0 Å². The smallest absolute Gasteiger partial charge is 0.338 e. The van der Waals surface area contributed by atoms with Crippen LogP contribution in [-0.4, -0.2) is 36.8 Å². The zero-order valence-corrected chi connectivity index (χ0v) is 18.8. The van der Waals surface area contributed by atoms with Crippen LogP contribution in [0.5, 0.6) is 0 Å². The molecule has 9 heteroatoms. The maximum Gasteiger partial charge on any atom is 0.338 e. The highest BCUT2D eigenvalue weighted by Crippen LogP contribution is 2.29. The Balaban J connectivity index is 1.52. The maximum atomic E-state index is 13.1. The molecule has 0 spiro atoms. The fourth-order valence-corrected chi connectivity index (χ4v) is 6.50. The molecule has 1 aliphatic rings. The Labute approximate surface area is 184 Å². The molecule has 0 saturated carbocycles. The van der Waals surface area contributed by atoms with Gasteiger partial charge in [0.15, 0.2) is 0 Å². The number of fused-ring (bicyclic) bond motifs is 1. The van der Waals surface area contributed by atoms with E-state index >= 15 is 0 Å². The van der Waals surface area contributed by atoms with E-state index in [1.54, 1.807) is 0 Å². The van der Waals surface area contributed by atoms with E-state index < -0.39 is 16.0 Å². The molecule has 1 aliphatic heterocycles. The third-order valence-corrected chi connectivity index (χ3v) is 8.43. The van der Waals surface area contributed by atoms with E-state index in [-0.39, 0.29) is 28.0 Å². The molecule has 2 heterocycles. The van der Waals surface area contributed by atoms with Crippen LogP contribution < -0.4 is 0 Å². The molecule has 0 unspecified atom stereocenters. The summed E-state index contributed by atoms with van der Waals surface area (Å²) in [7, 11) is -3.78. The summed E-state index contributed by atoms with van der Waals surface area (Å²) in [6, 6.07) is 11.9.